The highest BCUT2D eigenvalue weighted by atomic mass is 32.2. The van der Waals surface area contributed by atoms with Crippen LogP contribution in [0.3, 0.4) is 0 Å². The van der Waals surface area contributed by atoms with Crippen LogP contribution in [0.5, 0.6) is 0 Å². The third kappa shape index (κ3) is 8.28. The van der Waals surface area contributed by atoms with Crippen LogP contribution in [0.25, 0.3) is 26.6 Å². The number of nitrogens with one attached hydrogen (secondary N) is 2. The number of aromatic nitrogens is 4. The summed E-state index contributed by atoms with van der Waals surface area (Å²) >= 11 is 2.55. The van der Waals surface area contributed by atoms with E-state index in [1.54, 1.807) is 48.4 Å². The Morgan fingerprint density at radius 1 is 0.783 bits per heavy atom. The summed E-state index contributed by atoms with van der Waals surface area (Å²) in [7, 11) is -6.99. The minimum absolute atomic E-state index is 0.188. The van der Waals surface area contributed by atoms with Gasteiger partial charge in [0.15, 0.2) is 29.9 Å². The number of hydrogen-bond acceptors (Lipinski definition) is 11. The first-order valence-corrected chi connectivity index (χ1v) is 18.7. The first-order chi connectivity index (χ1) is 21.4. The van der Waals surface area contributed by atoms with Gasteiger partial charge in [0, 0.05) is 38.8 Å². The largest absolute Gasteiger partial charge is 0.305 e. The van der Waals surface area contributed by atoms with Gasteiger partial charge in [0.05, 0.1) is 38.1 Å². The average molecular weight is 705 g/mol. The topological polar surface area (TPSA) is 170 Å². The number of carbonyl (C=O) groups excluding carboxylic acids is 2. The molecule has 2 N–H and O–H groups in total. The lowest BCUT2D eigenvalue weighted by Crippen LogP contribution is -2.04. The minimum atomic E-state index is -3.60. The molecule has 12 nitrogen and oxygen atoms in total. The van der Waals surface area contributed by atoms with Crippen molar-refractivity contribution in [1.82, 2.24) is 19.5 Å². The highest BCUT2D eigenvalue weighted by molar-refractivity contribution is 7.91. The molecule has 0 aliphatic heterocycles. The average Bonchev–Trinajstić information content (AvgIpc) is 3.67. The van der Waals surface area contributed by atoms with Gasteiger partial charge in [-0.3, -0.25) is 9.59 Å². The van der Waals surface area contributed by atoms with Crippen LogP contribution in [-0.4, -0.2) is 60.7 Å². The van der Waals surface area contributed by atoms with Crippen LogP contribution in [0.15, 0.2) is 64.9 Å². The Bertz CT molecular complexity index is 2160. The molecule has 46 heavy (non-hydrogen) atoms. The van der Waals surface area contributed by atoms with Crippen molar-refractivity contribution >= 4 is 64.4 Å². The van der Waals surface area contributed by atoms with Crippen LogP contribution in [0.2, 0.25) is 0 Å². The van der Waals surface area contributed by atoms with Crippen LogP contribution >= 0.6 is 22.7 Å². The molecule has 5 rings (SSSR count). The van der Waals surface area contributed by atoms with Crippen LogP contribution in [-0.2, 0) is 29.3 Å². The molecule has 0 saturated heterocycles. The van der Waals surface area contributed by atoms with Gasteiger partial charge >= 0.3 is 0 Å². The van der Waals surface area contributed by atoms with Crippen molar-refractivity contribution in [3.63, 3.8) is 0 Å². The fourth-order valence-corrected chi connectivity index (χ4v) is 7.86. The second kappa shape index (κ2) is 13.6. The fraction of sp³-hybridized carbons (Fsp3) is 0.207. The molecule has 17 heteroatoms. The van der Waals surface area contributed by atoms with Gasteiger partial charge in [-0.05, 0) is 49.2 Å². The zero-order chi connectivity index (χ0) is 34.0. The third-order valence-corrected chi connectivity index (χ3v) is 10.7. The monoisotopic (exact) mass is 704 g/mol. The normalized spacial score (nSPS) is 11.5. The lowest BCUT2D eigenvalue weighted by atomic mass is 10.1. The van der Waals surface area contributed by atoms with E-state index in [1.165, 1.54) is 54.9 Å². The Balaban J connectivity index is 0.000000212. The summed E-state index contributed by atoms with van der Waals surface area (Å²) in [6.45, 7) is 6.38. The second-order valence-corrected chi connectivity index (χ2v) is 16.0. The molecule has 5 aromatic rings. The number of anilines is 2. The highest BCUT2D eigenvalue weighted by Crippen LogP contribution is 2.36. The molecule has 0 spiro atoms. The fourth-order valence-electron chi connectivity index (χ4n) is 4.25. The Morgan fingerprint density at radius 3 is 1.67 bits per heavy atom. The number of carbonyl (C=O) groups is 2. The van der Waals surface area contributed by atoms with E-state index < -0.39 is 25.5 Å². The Hall–Kier alpha value is -4.32. The number of imidazole rings is 1. The molecule has 3 aromatic heterocycles. The molecule has 0 saturated carbocycles. The van der Waals surface area contributed by atoms with Crippen molar-refractivity contribution in [2.75, 3.05) is 23.1 Å². The van der Waals surface area contributed by atoms with Gasteiger partial charge in [-0.15, -0.1) is 0 Å². The van der Waals surface area contributed by atoms with Gasteiger partial charge < -0.3 is 15.2 Å². The van der Waals surface area contributed by atoms with Gasteiger partial charge in [0.25, 0.3) is 0 Å². The number of halogens is 1. The number of rotatable bonds is 7. The van der Waals surface area contributed by atoms with Crippen LogP contribution < -0.4 is 10.6 Å². The number of nitrogens with zero attached hydrogens (tertiary/aromatic N) is 4. The van der Waals surface area contributed by atoms with Gasteiger partial charge in [-0.1, -0.05) is 34.8 Å². The SMILES string of the molecule is CC(=O)Nc1nc(C)c(-c2ccc(S(C)(=O)=O)c(-n3ccnc3)c2)s1.CC(=O)Nc1nc(C)c(-c2ccc(S(C)(=O)=O)c(F)c2)s1. The number of hydrogen-bond donors (Lipinski definition) is 2. The number of thiazole rings is 2. The molecule has 0 unspecified atom stereocenters. The zero-order valence-corrected chi connectivity index (χ0v) is 28.7. The molecular formula is C29H29FN6O6S4. The van der Waals surface area contributed by atoms with Crippen molar-refractivity contribution in [1.29, 1.82) is 0 Å². The number of benzene rings is 2. The van der Waals surface area contributed by atoms with Crippen molar-refractivity contribution in [2.45, 2.75) is 37.5 Å². The molecule has 0 aliphatic carbocycles. The first-order valence-electron chi connectivity index (χ1n) is 13.3. The maximum atomic E-state index is 13.9. The van der Waals surface area contributed by atoms with Crippen LogP contribution in [0.1, 0.15) is 25.2 Å². The van der Waals surface area contributed by atoms with Crippen molar-refractivity contribution in [3.05, 3.63) is 72.3 Å². The summed E-state index contributed by atoms with van der Waals surface area (Å²) in [4.78, 5) is 36.2. The Labute approximate surface area is 273 Å². The van der Waals surface area contributed by atoms with Crippen LogP contribution in [0.4, 0.5) is 14.7 Å². The van der Waals surface area contributed by atoms with Crippen LogP contribution in [0, 0.1) is 19.7 Å². The van der Waals surface area contributed by atoms with E-state index in [2.05, 4.69) is 25.6 Å². The third-order valence-electron chi connectivity index (χ3n) is 6.16. The molecule has 3 heterocycles. The first kappa shape index (κ1) is 34.6. The quantitative estimate of drug-likeness (QED) is 0.229. The Morgan fingerprint density at radius 2 is 1.26 bits per heavy atom. The van der Waals surface area contributed by atoms with E-state index in [0.29, 0.717) is 32.1 Å². The molecular weight excluding hydrogens is 676 g/mol. The summed E-state index contributed by atoms with van der Waals surface area (Å²) in [5.74, 6) is -1.23. The zero-order valence-electron chi connectivity index (χ0n) is 25.4. The van der Waals surface area contributed by atoms with E-state index in [4.69, 9.17) is 0 Å². The summed E-state index contributed by atoms with van der Waals surface area (Å²) in [5.41, 5.74) is 3.26. The van der Waals surface area contributed by atoms with Gasteiger partial charge in [0.2, 0.25) is 11.8 Å². The Kier molecular flexibility index (Phi) is 10.2. The number of amides is 2. The maximum Gasteiger partial charge on any atom is 0.223 e. The highest BCUT2D eigenvalue weighted by Gasteiger charge is 2.19. The molecule has 0 atom stereocenters. The lowest BCUT2D eigenvalue weighted by Gasteiger charge is -2.11. The molecule has 0 bridgehead atoms. The predicted molar refractivity (Wildman–Crippen MR) is 176 cm³/mol. The number of sulfone groups is 2. The van der Waals surface area contributed by atoms with E-state index in [0.717, 1.165) is 28.5 Å². The molecule has 2 aromatic carbocycles. The smallest absolute Gasteiger partial charge is 0.223 e. The van der Waals surface area contributed by atoms with Crippen molar-refractivity contribution in [2.24, 2.45) is 0 Å². The minimum Gasteiger partial charge on any atom is -0.305 e. The second-order valence-electron chi connectivity index (χ2n) is 10.1. The van der Waals surface area contributed by atoms with Gasteiger partial charge in [-0.2, -0.15) is 0 Å². The summed E-state index contributed by atoms with van der Waals surface area (Å²) in [6, 6.07) is 9.03. The molecule has 242 valence electrons. The standard InChI is InChI=1S/C16H16N4O3S2.C13H13FN2O3S2/c1-10-15(24-16(18-10)19-11(2)21)12-4-5-14(25(3,22)23)13(8-12)20-7-6-17-9-20;1-7-12(20-13(15-7)16-8(2)17)9-4-5-11(10(14)6-9)21(3,18)19/h4-9H,1-3H3,(H,18,19,21);4-6H,1-3H3,(H,15,16,17). The summed E-state index contributed by atoms with van der Waals surface area (Å²) < 4.78 is 62.6. The van der Waals surface area contributed by atoms with E-state index >= 15 is 0 Å². The van der Waals surface area contributed by atoms with Crippen molar-refractivity contribution in [3.8, 4) is 26.6 Å². The van der Waals surface area contributed by atoms with E-state index in [-0.39, 0.29) is 21.6 Å². The molecule has 0 aliphatic rings. The van der Waals surface area contributed by atoms with Gasteiger partial charge in [-0.25, -0.2) is 36.2 Å². The maximum absolute atomic E-state index is 13.9. The number of aryl methyl sites for hydroxylation is 2. The summed E-state index contributed by atoms with van der Waals surface area (Å²) in [5, 5.41) is 6.17. The lowest BCUT2D eigenvalue weighted by molar-refractivity contribution is -0.115. The molecule has 0 fully saturated rings. The van der Waals surface area contributed by atoms with E-state index in [9.17, 15) is 30.8 Å². The van der Waals surface area contributed by atoms with Crippen molar-refractivity contribution < 1.29 is 30.8 Å². The molecule has 2 amide bonds. The molecule has 0 radical (unpaired) electrons. The van der Waals surface area contributed by atoms with Gasteiger partial charge in [0.1, 0.15) is 10.7 Å². The summed E-state index contributed by atoms with van der Waals surface area (Å²) in [6.07, 6.45) is 6.96. The predicted octanol–water partition coefficient (Wildman–Crippen LogP) is 5.29. The van der Waals surface area contributed by atoms with E-state index in [1.807, 2.05) is 6.92 Å².